The summed E-state index contributed by atoms with van der Waals surface area (Å²) in [4.78, 5) is 38.4. The standard InChI is InChI=1S/C26H30O9/c1-7-30-13-17-22(32-9-3)20(25(28)33-10-4)15(6)21-24(17)35-26(29)19-14(5)11-18(31-8-2)16(12-27)23(19)34-21/h11-12H,7-10,13H2,1-6H3. The summed E-state index contributed by atoms with van der Waals surface area (Å²) in [5.41, 5.74) is 1.45. The number of hydrogen-bond donors (Lipinski definition) is 0. The number of hydrogen-bond acceptors (Lipinski definition) is 9. The smallest absolute Gasteiger partial charge is 0.347 e. The van der Waals surface area contributed by atoms with Crippen molar-refractivity contribution in [3.63, 3.8) is 0 Å². The van der Waals surface area contributed by atoms with Crippen LogP contribution in [0.3, 0.4) is 0 Å². The first-order valence-corrected chi connectivity index (χ1v) is 11.6. The summed E-state index contributed by atoms with van der Waals surface area (Å²) in [6.45, 7) is 11.4. The maximum absolute atomic E-state index is 13.3. The van der Waals surface area contributed by atoms with E-state index < -0.39 is 11.9 Å². The van der Waals surface area contributed by atoms with Crippen LogP contribution < -0.4 is 18.9 Å². The maximum Gasteiger partial charge on any atom is 0.347 e. The molecule has 0 saturated carbocycles. The van der Waals surface area contributed by atoms with Crippen LogP contribution in [-0.4, -0.2) is 44.7 Å². The Morgan fingerprint density at radius 3 is 2.26 bits per heavy atom. The molecule has 1 heterocycles. The molecule has 9 heteroatoms. The molecule has 0 saturated heterocycles. The number of esters is 2. The fourth-order valence-electron chi connectivity index (χ4n) is 3.93. The lowest BCUT2D eigenvalue weighted by molar-refractivity contribution is 0.0519. The first-order chi connectivity index (χ1) is 16.8. The molecule has 0 spiro atoms. The van der Waals surface area contributed by atoms with Crippen molar-refractivity contribution in [2.24, 2.45) is 0 Å². The largest absolute Gasteiger partial charge is 0.493 e. The quantitative estimate of drug-likeness (QED) is 0.262. The Bertz CT molecular complexity index is 1150. The van der Waals surface area contributed by atoms with E-state index in [1.807, 2.05) is 6.92 Å². The van der Waals surface area contributed by atoms with E-state index in [0.717, 1.165) is 0 Å². The van der Waals surface area contributed by atoms with Gasteiger partial charge in [0.25, 0.3) is 0 Å². The number of ether oxygens (including phenoxy) is 6. The van der Waals surface area contributed by atoms with Gasteiger partial charge in [0.05, 0.1) is 37.6 Å². The lowest BCUT2D eigenvalue weighted by atomic mass is 10.00. The van der Waals surface area contributed by atoms with Crippen molar-refractivity contribution in [2.45, 2.75) is 48.1 Å². The van der Waals surface area contributed by atoms with Crippen LogP contribution in [0, 0.1) is 13.8 Å². The molecule has 0 bridgehead atoms. The highest BCUT2D eigenvalue weighted by molar-refractivity contribution is 6.03. The summed E-state index contributed by atoms with van der Waals surface area (Å²) in [7, 11) is 0. The monoisotopic (exact) mass is 486 g/mol. The number of rotatable bonds is 10. The fourth-order valence-corrected chi connectivity index (χ4v) is 3.93. The third-order valence-corrected chi connectivity index (χ3v) is 5.42. The number of benzene rings is 2. The number of aryl methyl sites for hydroxylation is 1. The van der Waals surface area contributed by atoms with Gasteiger partial charge in [0.15, 0.2) is 23.5 Å². The van der Waals surface area contributed by atoms with Crippen LogP contribution in [-0.2, 0) is 16.1 Å². The second-order valence-corrected chi connectivity index (χ2v) is 7.61. The first-order valence-electron chi connectivity index (χ1n) is 11.6. The van der Waals surface area contributed by atoms with E-state index in [-0.39, 0.29) is 65.3 Å². The molecule has 188 valence electrons. The van der Waals surface area contributed by atoms with Crippen LogP contribution in [0.1, 0.15) is 75.5 Å². The minimum absolute atomic E-state index is 0.00312. The van der Waals surface area contributed by atoms with Crippen LogP contribution in [0.4, 0.5) is 0 Å². The van der Waals surface area contributed by atoms with Gasteiger partial charge in [0.1, 0.15) is 22.6 Å². The van der Waals surface area contributed by atoms with Crippen molar-refractivity contribution in [1.29, 1.82) is 0 Å². The summed E-state index contributed by atoms with van der Waals surface area (Å²) in [5, 5.41) is 0. The number of fused-ring (bicyclic) bond motifs is 2. The Morgan fingerprint density at radius 1 is 0.943 bits per heavy atom. The van der Waals surface area contributed by atoms with Gasteiger partial charge in [-0.15, -0.1) is 0 Å². The second kappa shape index (κ2) is 11.2. The average molecular weight is 487 g/mol. The minimum atomic E-state index is -0.717. The molecule has 3 rings (SSSR count). The van der Waals surface area contributed by atoms with E-state index in [1.54, 1.807) is 40.7 Å². The fraction of sp³-hybridized carbons (Fsp3) is 0.423. The molecule has 2 aromatic rings. The van der Waals surface area contributed by atoms with Crippen LogP contribution in [0.15, 0.2) is 6.07 Å². The highest BCUT2D eigenvalue weighted by Crippen LogP contribution is 2.50. The molecular weight excluding hydrogens is 456 g/mol. The van der Waals surface area contributed by atoms with E-state index in [0.29, 0.717) is 36.2 Å². The van der Waals surface area contributed by atoms with Crippen molar-refractivity contribution in [1.82, 2.24) is 0 Å². The highest BCUT2D eigenvalue weighted by Gasteiger charge is 2.36. The van der Waals surface area contributed by atoms with Crippen molar-refractivity contribution in [2.75, 3.05) is 26.4 Å². The average Bonchev–Trinajstić information content (AvgIpc) is 2.97. The topological polar surface area (TPSA) is 107 Å². The minimum Gasteiger partial charge on any atom is -0.493 e. The third kappa shape index (κ3) is 4.81. The van der Waals surface area contributed by atoms with Crippen LogP contribution in [0.2, 0.25) is 0 Å². The molecule has 9 nitrogen and oxygen atoms in total. The van der Waals surface area contributed by atoms with E-state index in [9.17, 15) is 14.4 Å². The first kappa shape index (κ1) is 26.0. The lowest BCUT2D eigenvalue weighted by Gasteiger charge is -2.22. The molecule has 0 N–H and O–H groups in total. The maximum atomic E-state index is 13.3. The van der Waals surface area contributed by atoms with Crippen LogP contribution in [0.25, 0.3) is 0 Å². The summed E-state index contributed by atoms with van der Waals surface area (Å²) < 4.78 is 34.4. The SMILES string of the molecule is CCOCc1c2c(c(C)c(C(=O)OCC)c1OCC)Oc1c(C=O)c(OCC)cc(C)c1C(=O)O2. The Hall–Kier alpha value is -3.59. The molecule has 0 amide bonds. The number of carbonyl (C=O) groups is 3. The molecule has 1 aliphatic rings. The van der Waals surface area contributed by atoms with Gasteiger partial charge in [-0.1, -0.05) is 0 Å². The lowest BCUT2D eigenvalue weighted by Crippen LogP contribution is -2.15. The van der Waals surface area contributed by atoms with Crippen LogP contribution in [0.5, 0.6) is 28.7 Å². The summed E-state index contributed by atoms with van der Waals surface area (Å²) in [5.74, 6) is -0.720. The van der Waals surface area contributed by atoms with Crippen molar-refractivity contribution >= 4 is 18.2 Å². The van der Waals surface area contributed by atoms with Gasteiger partial charge >= 0.3 is 11.9 Å². The Morgan fingerprint density at radius 2 is 1.66 bits per heavy atom. The van der Waals surface area contributed by atoms with Crippen LogP contribution >= 0.6 is 0 Å². The van der Waals surface area contributed by atoms with Gasteiger partial charge in [-0.3, -0.25) is 4.79 Å². The Labute approximate surface area is 204 Å². The number of carbonyl (C=O) groups excluding carboxylic acids is 3. The molecule has 0 aliphatic carbocycles. The zero-order valence-electron chi connectivity index (χ0n) is 20.9. The molecule has 0 aromatic heterocycles. The Balaban J connectivity index is 2.40. The highest BCUT2D eigenvalue weighted by atomic mass is 16.6. The van der Waals surface area contributed by atoms with E-state index in [2.05, 4.69) is 0 Å². The molecule has 2 aromatic carbocycles. The molecule has 0 atom stereocenters. The predicted molar refractivity (Wildman–Crippen MR) is 126 cm³/mol. The van der Waals surface area contributed by atoms with Gasteiger partial charge < -0.3 is 28.4 Å². The van der Waals surface area contributed by atoms with Gasteiger partial charge in [0, 0.05) is 12.2 Å². The number of aldehydes is 1. The zero-order valence-corrected chi connectivity index (χ0v) is 20.9. The molecule has 0 unspecified atom stereocenters. The van der Waals surface area contributed by atoms with Crippen molar-refractivity contribution in [3.05, 3.63) is 39.4 Å². The molecule has 1 aliphatic heterocycles. The zero-order chi connectivity index (χ0) is 25.7. The van der Waals surface area contributed by atoms with Crippen molar-refractivity contribution < 1.29 is 42.8 Å². The van der Waals surface area contributed by atoms with E-state index in [4.69, 9.17) is 28.4 Å². The molecule has 0 radical (unpaired) electrons. The van der Waals surface area contributed by atoms with Gasteiger partial charge in [-0.2, -0.15) is 0 Å². The van der Waals surface area contributed by atoms with E-state index >= 15 is 0 Å². The second-order valence-electron chi connectivity index (χ2n) is 7.61. The summed E-state index contributed by atoms with van der Waals surface area (Å²) in [6, 6.07) is 1.59. The predicted octanol–water partition coefficient (Wildman–Crippen LogP) is 4.95. The van der Waals surface area contributed by atoms with Gasteiger partial charge in [-0.05, 0) is 53.2 Å². The molecular formula is C26H30O9. The van der Waals surface area contributed by atoms with Gasteiger partial charge in [0.2, 0.25) is 0 Å². The summed E-state index contributed by atoms with van der Waals surface area (Å²) >= 11 is 0. The molecule has 35 heavy (non-hydrogen) atoms. The summed E-state index contributed by atoms with van der Waals surface area (Å²) in [6.07, 6.45) is 0.568. The Kier molecular flexibility index (Phi) is 8.34. The van der Waals surface area contributed by atoms with Crippen molar-refractivity contribution in [3.8, 4) is 28.7 Å². The normalized spacial score (nSPS) is 12.0. The third-order valence-electron chi connectivity index (χ3n) is 5.42. The molecule has 0 fully saturated rings. The van der Waals surface area contributed by atoms with E-state index in [1.165, 1.54) is 0 Å². The van der Waals surface area contributed by atoms with Gasteiger partial charge in [-0.25, -0.2) is 9.59 Å².